The molecule has 0 aromatic carbocycles. The highest BCUT2D eigenvalue weighted by molar-refractivity contribution is 5.80. The summed E-state index contributed by atoms with van der Waals surface area (Å²) in [7, 11) is 1.64. The number of carboxylic acid groups (broad SMARTS) is 1. The molecule has 0 aromatic rings. The van der Waals surface area contributed by atoms with E-state index in [4.69, 9.17) is 5.11 Å². The fraction of sp³-hybridized carbons (Fsp3) is 0.636. The highest BCUT2D eigenvalue weighted by atomic mass is 16.4. The van der Waals surface area contributed by atoms with Crippen LogP contribution in [0.25, 0.3) is 0 Å². The predicted molar refractivity (Wildman–Crippen MR) is 60.2 cm³/mol. The smallest absolute Gasteiger partial charge is 0.323 e. The van der Waals surface area contributed by atoms with Crippen molar-refractivity contribution in [1.82, 2.24) is 9.80 Å². The zero-order valence-corrected chi connectivity index (χ0v) is 9.56. The maximum Gasteiger partial charge on any atom is 0.323 e. The van der Waals surface area contributed by atoms with Crippen molar-refractivity contribution in [3.63, 3.8) is 0 Å². The van der Waals surface area contributed by atoms with Crippen LogP contribution in [-0.2, 0) is 4.79 Å². The maximum absolute atomic E-state index is 11.9. The van der Waals surface area contributed by atoms with Gasteiger partial charge in [-0.1, -0.05) is 6.08 Å². The Bertz CT molecular complexity index is 287. The Morgan fingerprint density at radius 2 is 2.12 bits per heavy atom. The van der Waals surface area contributed by atoms with Crippen LogP contribution in [0.5, 0.6) is 0 Å². The fourth-order valence-electron chi connectivity index (χ4n) is 1.50. The minimum Gasteiger partial charge on any atom is -0.480 e. The SMILES string of the molecule is C=CCN(C)C(=O)N(CC(=O)O)CC1CC1. The number of amides is 2. The number of carbonyl (C=O) groups is 2. The number of hydrogen-bond donors (Lipinski definition) is 1. The van der Waals surface area contributed by atoms with Gasteiger partial charge in [-0.15, -0.1) is 6.58 Å². The molecule has 2 amide bonds. The lowest BCUT2D eigenvalue weighted by Gasteiger charge is -2.26. The molecular weight excluding hydrogens is 208 g/mol. The third kappa shape index (κ3) is 3.92. The Labute approximate surface area is 95.3 Å². The van der Waals surface area contributed by atoms with Gasteiger partial charge in [-0.2, -0.15) is 0 Å². The predicted octanol–water partition coefficient (Wildman–Crippen LogP) is 1.02. The fourth-order valence-corrected chi connectivity index (χ4v) is 1.50. The quantitative estimate of drug-likeness (QED) is 0.688. The summed E-state index contributed by atoms with van der Waals surface area (Å²) >= 11 is 0. The number of likely N-dealkylation sites (N-methyl/N-ethyl adjacent to an activating group) is 1. The molecule has 1 N–H and O–H groups in total. The Morgan fingerprint density at radius 1 is 1.50 bits per heavy atom. The van der Waals surface area contributed by atoms with Gasteiger partial charge in [-0.3, -0.25) is 4.79 Å². The van der Waals surface area contributed by atoms with Crippen LogP contribution in [-0.4, -0.2) is 53.6 Å². The van der Waals surface area contributed by atoms with Gasteiger partial charge in [-0.25, -0.2) is 4.79 Å². The molecule has 0 atom stereocenters. The van der Waals surface area contributed by atoms with E-state index in [2.05, 4.69) is 6.58 Å². The Balaban J connectivity index is 2.54. The molecule has 1 rings (SSSR count). The summed E-state index contributed by atoms with van der Waals surface area (Å²) in [5, 5.41) is 8.75. The summed E-state index contributed by atoms with van der Waals surface area (Å²) in [4.78, 5) is 25.4. The summed E-state index contributed by atoms with van der Waals surface area (Å²) in [5.41, 5.74) is 0. The zero-order valence-electron chi connectivity index (χ0n) is 9.56. The van der Waals surface area contributed by atoms with E-state index >= 15 is 0 Å². The summed E-state index contributed by atoms with van der Waals surface area (Å²) < 4.78 is 0. The maximum atomic E-state index is 11.9. The third-order valence-electron chi connectivity index (χ3n) is 2.50. The zero-order chi connectivity index (χ0) is 12.1. The molecule has 5 nitrogen and oxygen atoms in total. The van der Waals surface area contributed by atoms with E-state index in [0.717, 1.165) is 12.8 Å². The Hall–Kier alpha value is -1.52. The largest absolute Gasteiger partial charge is 0.480 e. The van der Waals surface area contributed by atoms with Gasteiger partial charge in [0.05, 0.1) is 0 Å². The number of urea groups is 1. The molecule has 1 saturated carbocycles. The standard InChI is InChI=1S/C11H18N2O3/c1-3-6-12(2)11(16)13(8-10(14)15)7-9-4-5-9/h3,9H,1,4-8H2,2H3,(H,14,15). The molecule has 1 fully saturated rings. The number of carboxylic acids is 1. The first-order chi connectivity index (χ1) is 7.54. The van der Waals surface area contributed by atoms with Crippen LogP contribution < -0.4 is 0 Å². The van der Waals surface area contributed by atoms with Crippen molar-refractivity contribution in [3.8, 4) is 0 Å². The molecule has 90 valence electrons. The molecule has 0 saturated heterocycles. The van der Waals surface area contributed by atoms with Crippen LogP contribution in [0.3, 0.4) is 0 Å². The summed E-state index contributed by atoms with van der Waals surface area (Å²) in [6, 6.07) is -0.241. The van der Waals surface area contributed by atoms with Crippen LogP contribution in [0.15, 0.2) is 12.7 Å². The molecule has 1 aliphatic carbocycles. The summed E-state index contributed by atoms with van der Waals surface area (Å²) in [5.74, 6) is -0.485. The van der Waals surface area contributed by atoms with E-state index in [-0.39, 0.29) is 12.6 Å². The van der Waals surface area contributed by atoms with Gasteiger partial charge in [0.2, 0.25) is 0 Å². The van der Waals surface area contributed by atoms with Gasteiger partial charge in [0.25, 0.3) is 0 Å². The average Bonchev–Trinajstić information content (AvgIpc) is 2.99. The average molecular weight is 226 g/mol. The van der Waals surface area contributed by atoms with E-state index in [1.54, 1.807) is 13.1 Å². The van der Waals surface area contributed by atoms with Crippen LogP contribution in [0, 0.1) is 5.92 Å². The first kappa shape index (κ1) is 12.5. The van der Waals surface area contributed by atoms with Crippen molar-refractivity contribution in [2.45, 2.75) is 12.8 Å². The van der Waals surface area contributed by atoms with Gasteiger partial charge >= 0.3 is 12.0 Å². The molecule has 16 heavy (non-hydrogen) atoms. The second-order valence-corrected chi connectivity index (χ2v) is 4.17. The summed E-state index contributed by atoms with van der Waals surface area (Å²) in [6.45, 7) is 4.30. The van der Waals surface area contributed by atoms with Crippen LogP contribution in [0.4, 0.5) is 4.79 Å². The molecule has 0 unspecified atom stereocenters. The molecule has 0 aliphatic heterocycles. The topological polar surface area (TPSA) is 60.9 Å². The monoisotopic (exact) mass is 226 g/mol. The van der Waals surface area contributed by atoms with Crippen molar-refractivity contribution in [2.75, 3.05) is 26.7 Å². The van der Waals surface area contributed by atoms with Crippen molar-refractivity contribution in [1.29, 1.82) is 0 Å². The normalized spacial score (nSPS) is 14.3. The van der Waals surface area contributed by atoms with E-state index < -0.39 is 5.97 Å². The van der Waals surface area contributed by atoms with Crippen molar-refractivity contribution in [2.24, 2.45) is 5.92 Å². The molecule has 5 heteroatoms. The van der Waals surface area contributed by atoms with Crippen molar-refractivity contribution < 1.29 is 14.7 Å². The van der Waals surface area contributed by atoms with Crippen LogP contribution >= 0.6 is 0 Å². The van der Waals surface area contributed by atoms with Gasteiger partial charge in [0, 0.05) is 20.1 Å². The van der Waals surface area contributed by atoms with Gasteiger partial charge in [0.15, 0.2) is 0 Å². The second kappa shape index (κ2) is 5.53. The number of nitrogens with zero attached hydrogens (tertiary/aromatic N) is 2. The Kier molecular flexibility index (Phi) is 4.34. The lowest BCUT2D eigenvalue weighted by Crippen LogP contribution is -2.44. The number of hydrogen-bond acceptors (Lipinski definition) is 2. The molecule has 1 aliphatic rings. The Morgan fingerprint density at radius 3 is 2.56 bits per heavy atom. The summed E-state index contributed by atoms with van der Waals surface area (Å²) in [6.07, 6.45) is 3.80. The van der Waals surface area contributed by atoms with Crippen molar-refractivity contribution >= 4 is 12.0 Å². The van der Waals surface area contributed by atoms with Gasteiger partial charge < -0.3 is 14.9 Å². The molecule has 0 aromatic heterocycles. The van der Waals surface area contributed by atoms with E-state index in [1.165, 1.54) is 9.80 Å². The van der Waals surface area contributed by atoms with Gasteiger partial charge in [-0.05, 0) is 18.8 Å². The number of aliphatic carboxylic acids is 1. The number of rotatable bonds is 6. The minimum absolute atomic E-state index is 0.225. The van der Waals surface area contributed by atoms with Crippen LogP contribution in [0.2, 0.25) is 0 Å². The van der Waals surface area contributed by atoms with E-state index in [0.29, 0.717) is 19.0 Å². The van der Waals surface area contributed by atoms with Crippen molar-refractivity contribution in [3.05, 3.63) is 12.7 Å². The first-order valence-electron chi connectivity index (χ1n) is 5.37. The lowest BCUT2D eigenvalue weighted by molar-refractivity contribution is -0.137. The highest BCUT2D eigenvalue weighted by Crippen LogP contribution is 2.29. The molecule has 0 radical (unpaired) electrons. The lowest BCUT2D eigenvalue weighted by atomic mass is 10.3. The molecule has 0 heterocycles. The molecular formula is C11H18N2O3. The third-order valence-corrected chi connectivity index (χ3v) is 2.50. The van der Waals surface area contributed by atoms with Gasteiger partial charge in [0.1, 0.15) is 6.54 Å². The van der Waals surface area contributed by atoms with Crippen LogP contribution in [0.1, 0.15) is 12.8 Å². The highest BCUT2D eigenvalue weighted by Gasteiger charge is 2.28. The van der Waals surface area contributed by atoms with E-state index in [1.807, 2.05) is 0 Å². The molecule has 0 bridgehead atoms. The minimum atomic E-state index is -0.971. The molecule has 0 spiro atoms. The number of carbonyl (C=O) groups excluding carboxylic acids is 1. The first-order valence-corrected chi connectivity index (χ1v) is 5.37. The van der Waals surface area contributed by atoms with E-state index in [9.17, 15) is 9.59 Å². The second-order valence-electron chi connectivity index (χ2n) is 4.17.